The van der Waals surface area contributed by atoms with Crippen molar-refractivity contribution in [3.05, 3.63) is 41.0 Å². The number of nitrogens with one attached hydrogen (secondary N) is 1. The van der Waals surface area contributed by atoms with Crippen molar-refractivity contribution in [3.63, 3.8) is 0 Å². The van der Waals surface area contributed by atoms with Crippen LogP contribution in [0.15, 0.2) is 22.7 Å². The van der Waals surface area contributed by atoms with E-state index in [-0.39, 0.29) is 11.7 Å². The van der Waals surface area contributed by atoms with E-state index in [1.807, 2.05) is 6.92 Å². The number of aromatic amines is 1. The van der Waals surface area contributed by atoms with E-state index in [1.165, 1.54) is 0 Å². The summed E-state index contributed by atoms with van der Waals surface area (Å²) in [4.78, 5) is 4.53. The first-order chi connectivity index (χ1) is 10.7. The number of phenols is 1. The summed E-state index contributed by atoms with van der Waals surface area (Å²) in [6, 6.07) is 5.10. The number of aromatic nitrogens is 5. The minimum Gasteiger partial charge on any atom is -0.508 e. The van der Waals surface area contributed by atoms with Gasteiger partial charge in [0.1, 0.15) is 5.75 Å². The molecule has 2 N–H and O–H groups in total. The molecular formula is C15H15N5O2. The molecule has 22 heavy (non-hydrogen) atoms. The van der Waals surface area contributed by atoms with E-state index in [0.29, 0.717) is 11.7 Å². The second kappa shape index (κ2) is 4.94. The van der Waals surface area contributed by atoms with Crippen molar-refractivity contribution in [3.8, 4) is 17.1 Å². The topological polar surface area (TPSA) is 101 Å². The van der Waals surface area contributed by atoms with Crippen LogP contribution in [-0.2, 0) is 6.42 Å². The van der Waals surface area contributed by atoms with E-state index < -0.39 is 0 Å². The summed E-state index contributed by atoms with van der Waals surface area (Å²) in [5.74, 6) is 1.33. The van der Waals surface area contributed by atoms with E-state index in [0.717, 1.165) is 41.8 Å². The van der Waals surface area contributed by atoms with Crippen molar-refractivity contribution in [2.24, 2.45) is 0 Å². The number of aryl methyl sites for hydroxylation is 2. The third-order valence-electron chi connectivity index (χ3n) is 4.08. The Hall–Kier alpha value is -2.70. The van der Waals surface area contributed by atoms with Crippen LogP contribution in [-0.4, -0.2) is 30.7 Å². The molecule has 1 aliphatic carbocycles. The maximum atomic E-state index is 9.50. The first-order valence-electron chi connectivity index (χ1n) is 7.25. The minimum absolute atomic E-state index is 0.00108. The van der Waals surface area contributed by atoms with E-state index in [2.05, 4.69) is 25.6 Å². The molecule has 0 saturated heterocycles. The zero-order chi connectivity index (χ0) is 15.1. The fraction of sp³-hybridized carbons (Fsp3) is 0.333. The first-order valence-corrected chi connectivity index (χ1v) is 7.25. The molecule has 7 heteroatoms. The van der Waals surface area contributed by atoms with Gasteiger partial charge in [0.25, 0.3) is 0 Å². The van der Waals surface area contributed by atoms with Gasteiger partial charge >= 0.3 is 0 Å². The highest BCUT2D eigenvalue weighted by Crippen LogP contribution is 2.34. The van der Waals surface area contributed by atoms with Crippen LogP contribution in [0.25, 0.3) is 11.4 Å². The average Bonchev–Trinajstić information content (AvgIpc) is 3.15. The standard InChI is InChI=1S/C15H15N5O2/c1-8-7-9(21)5-6-10(8)14-16-15(22-19-14)11-3-2-4-12-13(11)18-20-17-12/h5-7,11,21H,2-4H2,1H3,(H,17,18,20). The van der Waals surface area contributed by atoms with E-state index in [4.69, 9.17) is 4.52 Å². The molecule has 0 fully saturated rings. The van der Waals surface area contributed by atoms with Gasteiger partial charge in [0, 0.05) is 5.56 Å². The second-order valence-electron chi connectivity index (χ2n) is 5.56. The molecule has 1 unspecified atom stereocenters. The lowest BCUT2D eigenvalue weighted by atomic mass is 9.90. The number of nitrogens with zero attached hydrogens (tertiary/aromatic N) is 4. The number of fused-ring (bicyclic) bond motifs is 1. The van der Waals surface area contributed by atoms with Gasteiger partial charge in [0.05, 0.1) is 17.3 Å². The molecule has 1 aliphatic rings. The third-order valence-corrected chi connectivity index (χ3v) is 4.08. The van der Waals surface area contributed by atoms with Crippen LogP contribution in [0.1, 0.15) is 41.6 Å². The number of rotatable bonds is 2. The van der Waals surface area contributed by atoms with Crippen LogP contribution in [0.3, 0.4) is 0 Å². The van der Waals surface area contributed by atoms with Gasteiger partial charge in [-0.15, -0.1) is 0 Å². The van der Waals surface area contributed by atoms with Gasteiger partial charge in [-0.05, 0) is 49.9 Å². The van der Waals surface area contributed by atoms with Crippen LogP contribution in [0.2, 0.25) is 0 Å². The Kier molecular flexibility index (Phi) is 2.92. The highest BCUT2D eigenvalue weighted by molar-refractivity contribution is 5.60. The summed E-state index contributed by atoms with van der Waals surface area (Å²) in [7, 11) is 0. The number of H-pyrrole nitrogens is 1. The number of hydrogen-bond donors (Lipinski definition) is 2. The summed E-state index contributed by atoms with van der Waals surface area (Å²) in [5.41, 5.74) is 3.64. The number of hydrogen-bond acceptors (Lipinski definition) is 6. The quantitative estimate of drug-likeness (QED) is 0.753. The van der Waals surface area contributed by atoms with Gasteiger partial charge in [0.15, 0.2) is 0 Å². The summed E-state index contributed by atoms with van der Waals surface area (Å²) in [6.07, 6.45) is 2.89. The number of phenolic OH excluding ortho intramolecular Hbond substituents is 1. The molecule has 112 valence electrons. The molecule has 2 aromatic heterocycles. The molecule has 0 amide bonds. The Morgan fingerprint density at radius 2 is 2.23 bits per heavy atom. The largest absolute Gasteiger partial charge is 0.508 e. The lowest BCUT2D eigenvalue weighted by Gasteiger charge is -2.15. The van der Waals surface area contributed by atoms with Crippen molar-refractivity contribution < 1.29 is 9.63 Å². The molecule has 2 heterocycles. The molecular weight excluding hydrogens is 282 g/mol. The van der Waals surface area contributed by atoms with E-state index in [9.17, 15) is 5.11 Å². The predicted molar refractivity (Wildman–Crippen MR) is 77.3 cm³/mol. The normalized spacial score (nSPS) is 17.4. The van der Waals surface area contributed by atoms with E-state index >= 15 is 0 Å². The van der Waals surface area contributed by atoms with Crippen molar-refractivity contribution in [1.82, 2.24) is 25.6 Å². The van der Waals surface area contributed by atoms with Gasteiger partial charge in [-0.2, -0.15) is 20.4 Å². The molecule has 3 aromatic rings. The molecule has 0 saturated carbocycles. The average molecular weight is 297 g/mol. The lowest BCUT2D eigenvalue weighted by Crippen LogP contribution is -2.11. The van der Waals surface area contributed by atoms with Crippen LogP contribution >= 0.6 is 0 Å². The van der Waals surface area contributed by atoms with Gasteiger partial charge in [-0.1, -0.05) is 5.16 Å². The van der Waals surface area contributed by atoms with Crippen molar-refractivity contribution in [2.75, 3.05) is 0 Å². The monoisotopic (exact) mass is 297 g/mol. The summed E-state index contributed by atoms with van der Waals surface area (Å²) in [6.45, 7) is 1.90. The zero-order valence-corrected chi connectivity index (χ0v) is 12.1. The molecule has 0 spiro atoms. The Morgan fingerprint density at radius 3 is 3.09 bits per heavy atom. The SMILES string of the molecule is Cc1cc(O)ccc1-c1noc(C2CCCc3n[nH]nc32)n1. The van der Waals surface area contributed by atoms with Gasteiger partial charge in [0.2, 0.25) is 11.7 Å². The molecule has 0 aliphatic heterocycles. The molecule has 4 rings (SSSR count). The Labute approximate surface area is 126 Å². The summed E-state index contributed by atoms with van der Waals surface area (Å²) < 4.78 is 5.46. The maximum absolute atomic E-state index is 9.50. The van der Waals surface area contributed by atoms with Crippen LogP contribution in [0.4, 0.5) is 0 Å². The molecule has 0 radical (unpaired) electrons. The highest BCUT2D eigenvalue weighted by atomic mass is 16.5. The zero-order valence-electron chi connectivity index (χ0n) is 12.1. The molecule has 0 bridgehead atoms. The van der Waals surface area contributed by atoms with Crippen LogP contribution < -0.4 is 0 Å². The van der Waals surface area contributed by atoms with Crippen LogP contribution in [0, 0.1) is 6.92 Å². The number of aromatic hydroxyl groups is 1. The fourth-order valence-corrected chi connectivity index (χ4v) is 2.96. The third kappa shape index (κ3) is 2.05. The van der Waals surface area contributed by atoms with Gasteiger partial charge in [-0.25, -0.2) is 0 Å². The predicted octanol–water partition coefficient (Wildman–Crippen LogP) is 2.34. The highest BCUT2D eigenvalue weighted by Gasteiger charge is 2.30. The van der Waals surface area contributed by atoms with Crippen molar-refractivity contribution >= 4 is 0 Å². The molecule has 1 atom stereocenters. The molecule has 1 aromatic carbocycles. The summed E-state index contributed by atoms with van der Waals surface area (Å²) >= 11 is 0. The fourth-order valence-electron chi connectivity index (χ4n) is 2.96. The van der Waals surface area contributed by atoms with Crippen LogP contribution in [0.5, 0.6) is 5.75 Å². The van der Waals surface area contributed by atoms with Gasteiger partial charge in [-0.3, -0.25) is 0 Å². The van der Waals surface area contributed by atoms with Gasteiger partial charge < -0.3 is 9.63 Å². The van der Waals surface area contributed by atoms with Crippen molar-refractivity contribution in [1.29, 1.82) is 0 Å². The minimum atomic E-state index is 0.00108. The molecule has 7 nitrogen and oxygen atoms in total. The smallest absolute Gasteiger partial charge is 0.236 e. The Bertz CT molecular complexity index is 823. The second-order valence-corrected chi connectivity index (χ2v) is 5.56. The van der Waals surface area contributed by atoms with Crippen molar-refractivity contribution in [2.45, 2.75) is 32.1 Å². The summed E-state index contributed by atoms with van der Waals surface area (Å²) in [5, 5.41) is 24.7. The maximum Gasteiger partial charge on any atom is 0.236 e. The Morgan fingerprint density at radius 1 is 1.32 bits per heavy atom. The van der Waals surface area contributed by atoms with E-state index in [1.54, 1.807) is 18.2 Å². The Balaban J connectivity index is 1.71. The lowest BCUT2D eigenvalue weighted by molar-refractivity contribution is 0.352. The first kappa shape index (κ1) is 13.0. The number of benzene rings is 1.